The zero-order valence-electron chi connectivity index (χ0n) is 12.0. The Balaban J connectivity index is 1.97. The van der Waals surface area contributed by atoms with Crippen LogP contribution in [-0.2, 0) is 6.42 Å². The van der Waals surface area contributed by atoms with Gasteiger partial charge in [0.05, 0.1) is 12.7 Å². The molecule has 1 amide bonds. The van der Waals surface area contributed by atoms with Crippen LogP contribution in [0.4, 0.5) is 11.4 Å². The average Bonchev–Trinajstić information content (AvgIpc) is 2.53. The smallest absolute Gasteiger partial charge is 0.260 e. The van der Waals surface area contributed by atoms with Gasteiger partial charge in [0.1, 0.15) is 5.75 Å². The number of carbonyl (C=O) groups is 1. The summed E-state index contributed by atoms with van der Waals surface area (Å²) >= 11 is 0. The molecular weight excluding hydrogens is 264 g/mol. The summed E-state index contributed by atoms with van der Waals surface area (Å²) in [6.07, 6.45) is 1.98. The first-order valence-electron chi connectivity index (χ1n) is 7.04. The van der Waals surface area contributed by atoms with Crippen molar-refractivity contribution in [1.82, 2.24) is 0 Å². The van der Waals surface area contributed by atoms with Gasteiger partial charge < -0.3 is 15.4 Å². The minimum Gasteiger partial charge on any atom is -0.497 e. The van der Waals surface area contributed by atoms with E-state index >= 15 is 0 Å². The summed E-state index contributed by atoms with van der Waals surface area (Å²) in [6.45, 7) is 0.724. The van der Waals surface area contributed by atoms with Gasteiger partial charge in [0, 0.05) is 24.0 Å². The normalized spacial score (nSPS) is 13.7. The monoisotopic (exact) mass is 282 g/mol. The number of anilines is 2. The van der Waals surface area contributed by atoms with Crippen LogP contribution in [0.25, 0.3) is 0 Å². The van der Waals surface area contributed by atoms with Crippen molar-refractivity contribution in [2.45, 2.75) is 12.8 Å². The lowest BCUT2D eigenvalue weighted by Crippen LogP contribution is -2.35. The average molecular weight is 282 g/mol. The Morgan fingerprint density at radius 3 is 2.81 bits per heavy atom. The van der Waals surface area contributed by atoms with Gasteiger partial charge in [-0.1, -0.05) is 18.2 Å². The van der Waals surface area contributed by atoms with Crippen LogP contribution in [0.2, 0.25) is 0 Å². The van der Waals surface area contributed by atoms with Gasteiger partial charge in [0.25, 0.3) is 5.91 Å². The van der Waals surface area contributed by atoms with Crippen molar-refractivity contribution in [1.29, 1.82) is 0 Å². The molecule has 0 bridgehead atoms. The number of nitrogens with zero attached hydrogens (tertiary/aromatic N) is 1. The van der Waals surface area contributed by atoms with E-state index in [1.54, 1.807) is 25.3 Å². The van der Waals surface area contributed by atoms with Gasteiger partial charge in [-0.15, -0.1) is 0 Å². The van der Waals surface area contributed by atoms with Crippen molar-refractivity contribution < 1.29 is 9.53 Å². The molecule has 1 heterocycles. The summed E-state index contributed by atoms with van der Waals surface area (Å²) in [5, 5.41) is 0. The number of benzene rings is 2. The predicted molar refractivity (Wildman–Crippen MR) is 83.8 cm³/mol. The van der Waals surface area contributed by atoms with Crippen LogP contribution in [0.1, 0.15) is 22.3 Å². The Hall–Kier alpha value is -2.49. The summed E-state index contributed by atoms with van der Waals surface area (Å²) in [7, 11) is 1.58. The van der Waals surface area contributed by atoms with Gasteiger partial charge in [0.2, 0.25) is 0 Å². The summed E-state index contributed by atoms with van der Waals surface area (Å²) in [4.78, 5) is 14.6. The van der Waals surface area contributed by atoms with Crippen LogP contribution >= 0.6 is 0 Å². The topological polar surface area (TPSA) is 55.6 Å². The van der Waals surface area contributed by atoms with Crippen LogP contribution in [0.5, 0.6) is 5.75 Å². The van der Waals surface area contributed by atoms with Crippen LogP contribution in [-0.4, -0.2) is 19.6 Å². The lowest BCUT2D eigenvalue weighted by molar-refractivity contribution is 0.0986. The van der Waals surface area contributed by atoms with Crippen LogP contribution in [0.15, 0.2) is 42.5 Å². The number of aryl methyl sites for hydroxylation is 1. The van der Waals surface area contributed by atoms with Gasteiger partial charge >= 0.3 is 0 Å². The van der Waals surface area contributed by atoms with E-state index in [0.29, 0.717) is 17.0 Å². The van der Waals surface area contributed by atoms with E-state index in [9.17, 15) is 4.79 Å². The SMILES string of the molecule is COc1ccc(C(=O)N2CCCc3ccccc32)c(N)c1. The number of hydrogen-bond donors (Lipinski definition) is 1. The van der Waals surface area contributed by atoms with Crippen molar-refractivity contribution >= 4 is 17.3 Å². The van der Waals surface area contributed by atoms with Gasteiger partial charge in [-0.25, -0.2) is 0 Å². The molecule has 0 aliphatic carbocycles. The fourth-order valence-electron chi connectivity index (χ4n) is 2.75. The zero-order valence-corrected chi connectivity index (χ0v) is 12.0. The lowest BCUT2D eigenvalue weighted by atomic mass is 10.0. The quantitative estimate of drug-likeness (QED) is 0.862. The molecule has 108 valence electrons. The number of carbonyl (C=O) groups excluding carboxylic acids is 1. The first-order valence-corrected chi connectivity index (χ1v) is 7.04. The van der Waals surface area contributed by atoms with E-state index in [1.165, 1.54) is 5.56 Å². The number of nitrogens with two attached hydrogens (primary N) is 1. The van der Waals surface area contributed by atoms with Crippen LogP contribution < -0.4 is 15.4 Å². The van der Waals surface area contributed by atoms with Crippen molar-refractivity contribution in [3.63, 3.8) is 0 Å². The first kappa shape index (κ1) is 13.5. The minimum atomic E-state index is -0.0534. The predicted octanol–water partition coefficient (Wildman–Crippen LogP) is 2.87. The highest BCUT2D eigenvalue weighted by molar-refractivity contribution is 6.10. The molecule has 0 fully saturated rings. The maximum atomic E-state index is 12.8. The molecule has 0 atom stereocenters. The number of ether oxygens (including phenoxy) is 1. The summed E-state index contributed by atoms with van der Waals surface area (Å²) in [5.74, 6) is 0.602. The Morgan fingerprint density at radius 2 is 2.05 bits per heavy atom. The fraction of sp³-hybridized carbons (Fsp3) is 0.235. The molecule has 3 rings (SSSR count). The Kier molecular flexibility index (Phi) is 3.52. The highest BCUT2D eigenvalue weighted by atomic mass is 16.5. The molecule has 0 radical (unpaired) electrons. The van der Waals surface area contributed by atoms with E-state index in [2.05, 4.69) is 6.07 Å². The third kappa shape index (κ3) is 2.44. The van der Waals surface area contributed by atoms with Crippen molar-refractivity contribution in [3.8, 4) is 5.75 Å². The van der Waals surface area contributed by atoms with Gasteiger partial charge in [-0.2, -0.15) is 0 Å². The molecular formula is C17H18N2O2. The first-order chi connectivity index (χ1) is 10.2. The van der Waals surface area contributed by atoms with Gasteiger partial charge in [-0.3, -0.25) is 4.79 Å². The van der Waals surface area contributed by atoms with E-state index in [0.717, 1.165) is 25.1 Å². The molecule has 2 N–H and O–H groups in total. The molecule has 0 saturated heterocycles. The van der Waals surface area contributed by atoms with Gasteiger partial charge in [0.15, 0.2) is 0 Å². The number of amides is 1. The van der Waals surface area contributed by atoms with E-state index in [1.807, 2.05) is 23.1 Å². The molecule has 2 aromatic rings. The van der Waals surface area contributed by atoms with Gasteiger partial charge in [-0.05, 0) is 36.6 Å². The molecule has 1 aliphatic heterocycles. The van der Waals surface area contributed by atoms with E-state index in [4.69, 9.17) is 10.5 Å². The van der Waals surface area contributed by atoms with Crippen LogP contribution in [0, 0.1) is 0 Å². The Labute approximate surface area is 124 Å². The van der Waals surface area contributed by atoms with E-state index < -0.39 is 0 Å². The second-order valence-corrected chi connectivity index (χ2v) is 5.14. The minimum absolute atomic E-state index is 0.0534. The maximum absolute atomic E-state index is 12.8. The number of methoxy groups -OCH3 is 1. The third-order valence-electron chi connectivity index (χ3n) is 3.84. The maximum Gasteiger partial charge on any atom is 0.260 e. The summed E-state index contributed by atoms with van der Waals surface area (Å²) in [5.41, 5.74) is 9.17. The fourth-order valence-corrected chi connectivity index (χ4v) is 2.75. The van der Waals surface area contributed by atoms with Crippen molar-refractivity contribution in [3.05, 3.63) is 53.6 Å². The summed E-state index contributed by atoms with van der Waals surface area (Å²) in [6, 6.07) is 13.2. The third-order valence-corrected chi connectivity index (χ3v) is 3.84. The number of rotatable bonds is 2. The number of hydrogen-bond acceptors (Lipinski definition) is 3. The molecule has 0 aromatic heterocycles. The molecule has 21 heavy (non-hydrogen) atoms. The number of nitrogen functional groups attached to an aromatic ring is 1. The summed E-state index contributed by atoms with van der Waals surface area (Å²) < 4.78 is 5.13. The lowest BCUT2D eigenvalue weighted by Gasteiger charge is -2.29. The van der Waals surface area contributed by atoms with E-state index in [-0.39, 0.29) is 5.91 Å². The molecule has 0 spiro atoms. The molecule has 4 heteroatoms. The second-order valence-electron chi connectivity index (χ2n) is 5.14. The number of fused-ring (bicyclic) bond motifs is 1. The number of para-hydroxylation sites is 1. The van der Waals surface area contributed by atoms with Crippen molar-refractivity contribution in [2.75, 3.05) is 24.3 Å². The molecule has 4 nitrogen and oxygen atoms in total. The largest absolute Gasteiger partial charge is 0.497 e. The molecule has 0 unspecified atom stereocenters. The standard InChI is InChI=1S/C17H18N2O2/c1-21-13-8-9-14(15(18)11-13)17(20)19-10-4-6-12-5-2-3-7-16(12)19/h2-3,5,7-9,11H,4,6,10,18H2,1H3. The highest BCUT2D eigenvalue weighted by Gasteiger charge is 2.24. The van der Waals surface area contributed by atoms with Crippen molar-refractivity contribution in [2.24, 2.45) is 0 Å². The molecule has 1 aliphatic rings. The highest BCUT2D eigenvalue weighted by Crippen LogP contribution is 2.30. The van der Waals surface area contributed by atoms with Crippen LogP contribution in [0.3, 0.4) is 0 Å². The zero-order chi connectivity index (χ0) is 14.8. The Bertz CT molecular complexity index is 682. The Morgan fingerprint density at radius 1 is 1.24 bits per heavy atom. The second kappa shape index (κ2) is 5.48. The molecule has 0 saturated carbocycles. The molecule has 2 aromatic carbocycles.